The first kappa shape index (κ1) is 15.5. The zero-order valence-electron chi connectivity index (χ0n) is 9.02. The molecule has 0 bridgehead atoms. The van der Waals surface area contributed by atoms with E-state index in [1.807, 2.05) is 10.9 Å². The molecule has 0 radical (unpaired) electrons. The number of non-ortho nitro benzene ring substituents is 1. The summed E-state index contributed by atoms with van der Waals surface area (Å²) in [6.07, 6.45) is 0. The highest BCUT2D eigenvalue weighted by Crippen LogP contribution is 2.25. The van der Waals surface area contributed by atoms with Crippen LogP contribution in [0.4, 0.5) is 5.69 Å². The van der Waals surface area contributed by atoms with E-state index in [0.29, 0.717) is 0 Å². The molecule has 0 unspecified atom stereocenters. The molecule has 0 aliphatic heterocycles. The fourth-order valence-corrected chi connectivity index (χ4v) is 1.13. The minimum absolute atomic E-state index is 0.0928. The third-order valence-corrected chi connectivity index (χ3v) is 2.40. The molecule has 19 heavy (non-hydrogen) atoms. The zero-order valence-corrected chi connectivity index (χ0v) is 11.3. The van der Waals surface area contributed by atoms with Crippen LogP contribution in [0.25, 0.3) is 0 Å². The average molecular weight is 327 g/mol. The molecule has 1 aromatic carbocycles. The van der Waals surface area contributed by atoms with Crippen LogP contribution in [-0.2, 0) is 4.79 Å². The van der Waals surface area contributed by atoms with Crippen molar-refractivity contribution in [3.05, 3.63) is 39.9 Å². The zero-order chi connectivity index (χ0) is 14.6. The Morgan fingerprint density at radius 2 is 1.63 bits per heavy atom. The quantitative estimate of drug-likeness (QED) is 0.491. The molecule has 0 spiro atoms. The van der Waals surface area contributed by atoms with Gasteiger partial charge in [-0.25, -0.2) is 0 Å². The fraction of sp³-hybridized carbons (Fsp3) is 0.111. The number of hydrogen-bond donors (Lipinski definition) is 2. The van der Waals surface area contributed by atoms with E-state index in [4.69, 9.17) is 34.8 Å². The van der Waals surface area contributed by atoms with Gasteiger partial charge in [0.15, 0.2) is 0 Å². The molecule has 0 aliphatic rings. The third-order valence-electron chi connectivity index (χ3n) is 1.89. The van der Waals surface area contributed by atoms with Crippen molar-refractivity contribution in [3.63, 3.8) is 0 Å². The first-order valence-electron chi connectivity index (χ1n) is 4.64. The van der Waals surface area contributed by atoms with Gasteiger partial charge in [-0.15, -0.1) is 0 Å². The molecule has 2 N–H and O–H groups in total. The highest BCUT2D eigenvalue weighted by atomic mass is 35.6. The lowest BCUT2D eigenvalue weighted by molar-refractivity contribution is -0.384. The fourth-order valence-electron chi connectivity index (χ4n) is 0.991. The summed E-state index contributed by atoms with van der Waals surface area (Å²) in [6.45, 7) is 0. The summed E-state index contributed by atoms with van der Waals surface area (Å²) in [5.41, 5.74) is 3.81. The number of carbonyl (C=O) groups is 2. The molecule has 1 rings (SSSR count). The van der Waals surface area contributed by atoms with Crippen LogP contribution < -0.4 is 10.9 Å². The number of carbonyl (C=O) groups excluding carboxylic acids is 2. The van der Waals surface area contributed by atoms with E-state index in [1.165, 1.54) is 12.1 Å². The molecule has 0 aliphatic carbocycles. The van der Waals surface area contributed by atoms with Crippen LogP contribution in [0.1, 0.15) is 10.4 Å². The van der Waals surface area contributed by atoms with Gasteiger partial charge in [-0.05, 0) is 12.1 Å². The Bertz CT molecular complexity index is 512. The Balaban J connectivity index is 2.64. The average Bonchev–Trinajstić information content (AvgIpc) is 2.34. The minimum Gasteiger partial charge on any atom is -0.268 e. The summed E-state index contributed by atoms with van der Waals surface area (Å²) in [5, 5.41) is 10.4. The maximum atomic E-state index is 11.5. The van der Waals surface area contributed by atoms with Crippen LogP contribution in [0.5, 0.6) is 0 Å². The van der Waals surface area contributed by atoms with Gasteiger partial charge in [-0.3, -0.25) is 30.6 Å². The molecule has 1 aromatic rings. The van der Waals surface area contributed by atoms with Crippen LogP contribution in [0.2, 0.25) is 0 Å². The summed E-state index contributed by atoms with van der Waals surface area (Å²) >= 11 is 15.8. The van der Waals surface area contributed by atoms with Crippen LogP contribution in [-0.4, -0.2) is 20.5 Å². The highest BCUT2D eigenvalue weighted by molar-refractivity contribution is 6.76. The second-order valence-electron chi connectivity index (χ2n) is 3.21. The van der Waals surface area contributed by atoms with Gasteiger partial charge in [0.25, 0.3) is 21.3 Å². The number of nitro groups is 1. The lowest BCUT2D eigenvalue weighted by Crippen LogP contribution is -2.46. The van der Waals surface area contributed by atoms with E-state index in [9.17, 15) is 19.7 Å². The van der Waals surface area contributed by atoms with E-state index in [2.05, 4.69) is 0 Å². The molecule has 2 amide bonds. The second kappa shape index (κ2) is 6.05. The van der Waals surface area contributed by atoms with Gasteiger partial charge >= 0.3 is 0 Å². The van der Waals surface area contributed by atoms with Crippen molar-refractivity contribution >= 4 is 52.3 Å². The number of hydrazine groups is 1. The van der Waals surface area contributed by atoms with Gasteiger partial charge in [-0.2, -0.15) is 0 Å². The number of alkyl halides is 3. The smallest absolute Gasteiger partial charge is 0.268 e. The second-order valence-corrected chi connectivity index (χ2v) is 5.49. The van der Waals surface area contributed by atoms with Crippen molar-refractivity contribution in [2.24, 2.45) is 0 Å². The van der Waals surface area contributed by atoms with Crippen molar-refractivity contribution in [3.8, 4) is 0 Å². The topological polar surface area (TPSA) is 101 Å². The standard InChI is InChI=1S/C9H6Cl3N3O4/c10-9(11,12)8(17)14-13-7(16)5-1-3-6(4-2-5)15(18)19/h1-4H,(H,13,16)(H,14,17). The number of nitrogens with zero attached hydrogens (tertiary/aromatic N) is 1. The molecule has 0 heterocycles. The minimum atomic E-state index is -2.21. The van der Waals surface area contributed by atoms with Gasteiger partial charge < -0.3 is 0 Å². The first-order valence-corrected chi connectivity index (χ1v) is 5.77. The third kappa shape index (κ3) is 4.55. The molecule has 0 saturated carbocycles. The molecule has 7 nitrogen and oxygen atoms in total. The normalized spacial score (nSPS) is 10.7. The number of hydrogen-bond acceptors (Lipinski definition) is 4. The van der Waals surface area contributed by atoms with Crippen molar-refractivity contribution < 1.29 is 14.5 Å². The van der Waals surface area contributed by atoms with E-state index in [0.717, 1.165) is 12.1 Å². The maximum Gasteiger partial charge on any atom is 0.290 e. The van der Waals surface area contributed by atoms with Gasteiger partial charge in [0.1, 0.15) is 0 Å². The van der Waals surface area contributed by atoms with Crippen molar-refractivity contribution in [2.75, 3.05) is 0 Å². The van der Waals surface area contributed by atoms with Gasteiger partial charge in [0, 0.05) is 17.7 Å². The number of benzene rings is 1. The van der Waals surface area contributed by atoms with Crippen molar-refractivity contribution in [1.29, 1.82) is 0 Å². The molecule has 0 saturated heterocycles. The Kier molecular flexibility index (Phi) is 4.93. The summed E-state index contributed by atoms with van der Waals surface area (Å²) in [6, 6.07) is 4.72. The molecule has 0 fully saturated rings. The molecule has 10 heteroatoms. The molecular formula is C9H6Cl3N3O4. The lowest BCUT2D eigenvalue weighted by Gasteiger charge is -2.12. The highest BCUT2D eigenvalue weighted by Gasteiger charge is 2.30. The number of rotatable bonds is 2. The predicted molar refractivity (Wildman–Crippen MR) is 69.0 cm³/mol. The van der Waals surface area contributed by atoms with Gasteiger partial charge in [-0.1, -0.05) is 34.8 Å². The van der Waals surface area contributed by atoms with E-state index in [-0.39, 0.29) is 11.3 Å². The van der Waals surface area contributed by atoms with Gasteiger partial charge in [0.2, 0.25) is 0 Å². The van der Waals surface area contributed by atoms with Crippen molar-refractivity contribution in [2.45, 2.75) is 3.79 Å². The number of halogens is 3. The molecular weight excluding hydrogens is 320 g/mol. The van der Waals surface area contributed by atoms with Gasteiger partial charge in [0.05, 0.1) is 4.92 Å². The number of nitrogens with one attached hydrogen (secondary N) is 2. The number of amides is 2. The Morgan fingerprint density at radius 3 is 2.05 bits per heavy atom. The lowest BCUT2D eigenvalue weighted by atomic mass is 10.2. The Hall–Kier alpha value is -1.57. The van der Waals surface area contributed by atoms with Crippen LogP contribution in [0.15, 0.2) is 24.3 Å². The molecule has 0 aromatic heterocycles. The maximum absolute atomic E-state index is 11.5. The predicted octanol–water partition coefficient (Wildman–Crippen LogP) is 1.73. The van der Waals surface area contributed by atoms with E-state index >= 15 is 0 Å². The molecule has 102 valence electrons. The van der Waals surface area contributed by atoms with E-state index in [1.54, 1.807) is 0 Å². The van der Waals surface area contributed by atoms with Crippen molar-refractivity contribution in [1.82, 2.24) is 10.9 Å². The summed E-state index contributed by atoms with van der Waals surface area (Å²) in [5.74, 6) is -1.75. The van der Waals surface area contributed by atoms with Crippen LogP contribution >= 0.6 is 34.8 Å². The Morgan fingerprint density at radius 1 is 1.11 bits per heavy atom. The first-order chi connectivity index (χ1) is 8.71. The SMILES string of the molecule is O=C(NNC(=O)C(Cl)(Cl)Cl)c1ccc([N+](=O)[O-])cc1. The summed E-state index contributed by atoms with van der Waals surface area (Å²) < 4.78 is -2.21. The number of nitro benzene ring substituents is 1. The Labute approximate surface area is 121 Å². The van der Waals surface area contributed by atoms with E-state index < -0.39 is 20.5 Å². The summed E-state index contributed by atoms with van der Waals surface area (Å²) in [4.78, 5) is 32.5. The monoisotopic (exact) mass is 325 g/mol. The van der Waals surface area contributed by atoms with Crippen LogP contribution in [0.3, 0.4) is 0 Å². The largest absolute Gasteiger partial charge is 0.290 e. The van der Waals surface area contributed by atoms with Crippen LogP contribution in [0, 0.1) is 10.1 Å². The molecule has 0 atom stereocenters. The summed E-state index contributed by atoms with van der Waals surface area (Å²) in [7, 11) is 0.